The molecule has 5 aromatic rings. The second kappa shape index (κ2) is 18.5. The highest BCUT2D eigenvalue weighted by Gasteiger charge is 2.37. The van der Waals surface area contributed by atoms with Gasteiger partial charge in [-0.25, -0.2) is 27.3 Å². The van der Waals surface area contributed by atoms with Crippen LogP contribution in [-0.2, 0) is 31.4 Å². The molecular formula is C48H57ClFN9O7S. The van der Waals surface area contributed by atoms with Crippen molar-refractivity contribution in [2.45, 2.75) is 138 Å². The Balaban J connectivity index is 0.670. The summed E-state index contributed by atoms with van der Waals surface area (Å²) >= 11 is 6.29. The number of halogens is 2. The average Bonchev–Trinajstić information content (AvgIpc) is 3.91. The van der Waals surface area contributed by atoms with Crippen LogP contribution in [0.1, 0.15) is 119 Å². The van der Waals surface area contributed by atoms with Crippen LogP contribution >= 0.6 is 11.6 Å². The number of ether oxygens (including phenoxy) is 1. The number of rotatable bonds is 12. The van der Waals surface area contributed by atoms with Crippen LogP contribution in [0.15, 0.2) is 57.1 Å². The molecule has 0 spiro atoms. The van der Waals surface area contributed by atoms with Crippen LogP contribution < -0.4 is 26.6 Å². The van der Waals surface area contributed by atoms with E-state index >= 15 is 4.39 Å². The molecule has 2 saturated heterocycles. The van der Waals surface area contributed by atoms with Crippen LogP contribution in [0.5, 0.6) is 0 Å². The lowest BCUT2D eigenvalue weighted by atomic mass is 9.84. The van der Waals surface area contributed by atoms with Gasteiger partial charge in [0, 0.05) is 49.4 Å². The van der Waals surface area contributed by atoms with Gasteiger partial charge in [-0.1, -0.05) is 30.5 Å². The van der Waals surface area contributed by atoms with Gasteiger partial charge in [0.15, 0.2) is 5.82 Å². The van der Waals surface area contributed by atoms with Gasteiger partial charge < -0.3 is 15.0 Å². The van der Waals surface area contributed by atoms with Crippen LogP contribution in [0, 0.1) is 18.7 Å². The molecule has 5 fully saturated rings. The van der Waals surface area contributed by atoms with Crippen LogP contribution in [-0.4, -0.2) is 86.7 Å². The summed E-state index contributed by atoms with van der Waals surface area (Å²) in [6.07, 6.45) is 12.9. The van der Waals surface area contributed by atoms with E-state index in [0.717, 1.165) is 83.8 Å². The van der Waals surface area contributed by atoms with E-state index in [2.05, 4.69) is 25.2 Å². The quantitative estimate of drug-likeness (QED) is 0.114. The molecule has 10 rings (SSSR count). The first-order valence-electron chi connectivity index (χ1n) is 23.8. The lowest BCUT2D eigenvalue weighted by Gasteiger charge is -2.40. The van der Waals surface area contributed by atoms with E-state index in [4.69, 9.17) is 21.3 Å². The Bertz CT molecular complexity index is 2980. The second-order valence-electron chi connectivity index (χ2n) is 19.5. The number of hydrogen-bond donors (Lipinski definition) is 3. The zero-order valence-corrected chi connectivity index (χ0v) is 39.4. The van der Waals surface area contributed by atoms with E-state index in [1.54, 1.807) is 47.2 Å². The molecule has 2 aromatic carbocycles. The number of pyridine rings is 1. The highest BCUT2D eigenvalue weighted by atomic mass is 35.5. The minimum Gasteiger partial charge on any atom is -0.375 e. The summed E-state index contributed by atoms with van der Waals surface area (Å²) in [5.41, 5.74) is 2.29. The molecular weight excluding hydrogens is 901 g/mol. The summed E-state index contributed by atoms with van der Waals surface area (Å²) in [7, 11) is -2.25. The number of piperidine rings is 2. The number of imide groups is 1. The van der Waals surface area contributed by atoms with Crippen molar-refractivity contribution in [1.82, 2.24) is 38.6 Å². The fourth-order valence-electron chi connectivity index (χ4n) is 11.3. The molecule has 67 heavy (non-hydrogen) atoms. The number of nitrogens with one attached hydrogen (secondary N) is 3. The fraction of sp³-hybridized carbons (Fsp3) is 0.542. The largest absolute Gasteiger partial charge is 0.375 e. The number of carbonyl (C=O) groups is 2. The number of fused-ring (bicyclic) bond motifs is 2. The second-order valence-corrected chi connectivity index (χ2v) is 21.6. The fourth-order valence-corrected chi connectivity index (χ4v) is 12.8. The van der Waals surface area contributed by atoms with E-state index < -0.39 is 33.5 Å². The number of anilines is 2. The zero-order valence-electron chi connectivity index (χ0n) is 37.8. The Morgan fingerprint density at radius 2 is 1.66 bits per heavy atom. The molecule has 2 amide bonds. The van der Waals surface area contributed by atoms with Crippen LogP contribution in [0.2, 0.25) is 5.02 Å². The third-order valence-corrected chi connectivity index (χ3v) is 16.8. The molecule has 5 aliphatic rings. The maximum Gasteiger partial charge on any atom is 0.329 e. The monoisotopic (exact) mass is 957 g/mol. The number of amides is 2. The molecule has 356 valence electrons. The van der Waals surface area contributed by atoms with Crippen molar-refractivity contribution in [3.05, 3.63) is 85.4 Å². The van der Waals surface area contributed by atoms with Gasteiger partial charge in [0.25, 0.3) is 5.56 Å². The predicted molar refractivity (Wildman–Crippen MR) is 252 cm³/mol. The molecule has 1 unspecified atom stereocenters. The zero-order chi connectivity index (χ0) is 46.7. The van der Waals surface area contributed by atoms with Gasteiger partial charge in [0.05, 0.1) is 22.6 Å². The van der Waals surface area contributed by atoms with Gasteiger partial charge in [-0.3, -0.25) is 33.4 Å². The Hall–Kier alpha value is -5.01. The molecule has 3 saturated carbocycles. The van der Waals surface area contributed by atoms with Crippen molar-refractivity contribution in [3.63, 3.8) is 0 Å². The van der Waals surface area contributed by atoms with Gasteiger partial charge in [0.1, 0.15) is 22.2 Å². The van der Waals surface area contributed by atoms with Gasteiger partial charge in [-0.05, 0) is 144 Å². The molecule has 19 heteroatoms. The Kier molecular flexibility index (Phi) is 12.6. The first-order chi connectivity index (χ1) is 32.2. The summed E-state index contributed by atoms with van der Waals surface area (Å²) in [5, 5.41) is 6.34. The number of hydrogen-bond acceptors (Lipinski definition) is 11. The Morgan fingerprint density at radius 1 is 0.910 bits per heavy atom. The topological polar surface area (TPSA) is 192 Å². The number of aromatic nitrogens is 5. The smallest absolute Gasteiger partial charge is 0.329 e. The number of benzene rings is 2. The minimum absolute atomic E-state index is 0.0163. The molecule has 3 N–H and O–H groups in total. The number of aryl methyl sites for hydroxylation is 2. The number of carbonyl (C=O) groups excluding carboxylic acids is 2. The number of nitrogens with zero attached hydrogens (tertiary/aromatic N) is 6. The van der Waals surface area contributed by atoms with E-state index in [0.29, 0.717) is 58.1 Å². The van der Waals surface area contributed by atoms with Crippen LogP contribution in [0.25, 0.3) is 22.1 Å². The van der Waals surface area contributed by atoms with Gasteiger partial charge in [-0.2, -0.15) is 4.98 Å². The van der Waals surface area contributed by atoms with E-state index in [-0.39, 0.29) is 70.0 Å². The van der Waals surface area contributed by atoms with Crippen molar-refractivity contribution in [2.75, 3.05) is 25.0 Å². The summed E-state index contributed by atoms with van der Waals surface area (Å²) < 4.78 is 56.8. The van der Waals surface area contributed by atoms with Crippen molar-refractivity contribution in [3.8, 4) is 0 Å². The van der Waals surface area contributed by atoms with Crippen molar-refractivity contribution >= 4 is 67.1 Å². The molecule has 0 bridgehead atoms. The predicted octanol–water partition coefficient (Wildman–Crippen LogP) is 6.65. The third-order valence-electron chi connectivity index (χ3n) is 15.0. The SMILES string of the molecule is Cc1cc(S(=O)(=O)NC2CC(OC3CCC(CN4CCC(c5ccc6c(c5F)n(C)c(=O)n6C5CCC(=O)NC5=O)CC4)CC3)C2)ccc1Nc1ncc2cc(Cl)c(=O)n(C3CCCC3)c2n1. The summed E-state index contributed by atoms with van der Waals surface area (Å²) in [5.74, 6) is -0.458. The third kappa shape index (κ3) is 9.07. The standard InChI is InChI=1S/C48H57ClFN9O7S/c1-27-21-35(11-13-38(27)52-47-51-25-30-22-37(49)46(62)58(44(30)54-47)32-5-3-4-6-32)67(64,65)55-31-23-34(24-31)66-33-9-7-28(8-10-33)26-57-19-17-29(18-20-57)36-12-14-39-43(42(36)50)56(2)48(63)59(39)40-15-16-41(60)53-45(40)61/h11-14,21-22,25,28-29,31-34,40,55H,3-10,15-20,23-24,26H2,1-2H3,(H,51,52,54)(H,53,60,61). The first kappa shape index (κ1) is 45.8. The lowest BCUT2D eigenvalue weighted by molar-refractivity contribution is -0.135. The van der Waals surface area contributed by atoms with Crippen molar-refractivity contribution in [1.29, 1.82) is 0 Å². The molecule has 3 aromatic heterocycles. The molecule has 16 nitrogen and oxygen atoms in total. The molecule has 2 aliphatic heterocycles. The summed E-state index contributed by atoms with van der Waals surface area (Å²) in [6.45, 7) is 4.53. The van der Waals surface area contributed by atoms with Crippen LogP contribution in [0.3, 0.4) is 0 Å². The van der Waals surface area contributed by atoms with Gasteiger partial charge in [0.2, 0.25) is 27.8 Å². The summed E-state index contributed by atoms with van der Waals surface area (Å²) in [6, 6.07) is 8.98. The first-order valence-corrected chi connectivity index (χ1v) is 25.7. The minimum atomic E-state index is -3.78. The van der Waals surface area contributed by atoms with Gasteiger partial charge >= 0.3 is 5.69 Å². The molecule has 1 atom stereocenters. The Labute approximate surface area is 392 Å². The maximum atomic E-state index is 16.2. The highest BCUT2D eigenvalue weighted by Crippen LogP contribution is 2.37. The van der Waals surface area contributed by atoms with E-state index in [9.17, 15) is 27.6 Å². The summed E-state index contributed by atoms with van der Waals surface area (Å²) in [4.78, 5) is 62.5. The average molecular weight is 959 g/mol. The van der Waals surface area contributed by atoms with Crippen molar-refractivity contribution in [2.24, 2.45) is 13.0 Å². The lowest BCUT2D eigenvalue weighted by Crippen LogP contribution is -2.49. The van der Waals surface area contributed by atoms with Crippen molar-refractivity contribution < 1.29 is 27.1 Å². The highest BCUT2D eigenvalue weighted by molar-refractivity contribution is 7.89. The Morgan fingerprint density at radius 3 is 2.37 bits per heavy atom. The number of imidazole rings is 1. The number of sulfonamides is 1. The van der Waals surface area contributed by atoms with E-state index in [1.807, 2.05) is 6.92 Å². The molecule has 0 radical (unpaired) electrons. The molecule has 3 aliphatic carbocycles. The molecule has 5 heterocycles. The van der Waals surface area contributed by atoms with Crippen LogP contribution in [0.4, 0.5) is 16.0 Å². The van der Waals surface area contributed by atoms with Gasteiger partial charge in [-0.15, -0.1) is 0 Å². The van der Waals surface area contributed by atoms with E-state index in [1.165, 1.54) is 16.2 Å². The number of likely N-dealkylation sites (tertiary alicyclic amines) is 1. The maximum absolute atomic E-state index is 16.2. The normalized spacial score (nSPS) is 24.6.